The number of hydrogen-bond donors (Lipinski definition) is 0. The Morgan fingerprint density at radius 3 is 1.74 bits per heavy atom. The number of hydrogen-bond acceptors (Lipinski definition) is 5. The SMILES string of the molecule is c1ccc2c(-c3ccc(-c4nc(-c5ccc6c(c5)sc5ccccc56)nc(-c5ccc(-c6cc7ccccc7c7oc8ccccc8c67)c6ccccc56)n4)cc3)cccc2c1. The van der Waals surface area contributed by atoms with Crippen molar-refractivity contribution in [3.63, 3.8) is 0 Å². The van der Waals surface area contributed by atoms with Crippen molar-refractivity contribution in [2.75, 3.05) is 0 Å². The van der Waals surface area contributed by atoms with Gasteiger partial charge in [-0.25, -0.2) is 15.0 Å². The Labute approximate surface area is 360 Å². The van der Waals surface area contributed by atoms with E-state index in [1.54, 1.807) is 11.3 Å². The number of para-hydroxylation sites is 1. The Balaban J connectivity index is 1.01. The molecule has 3 aromatic heterocycles. The number of nitrogens with zero attached hydrogens (tertiary/aromatic N) is 3. The van der Waals surface area contributed by atoms with Crippen molar-refractivity contribution in [1.82, 2.24) is 15.0 Å². The van der Waals surface area contributed by atoms with Crippen LogP contribution in [0.25, 0.3) is 131 Å². The predicted octanol–water partition coefficient (Wildman–Crippen LogP) is 15.9. The zero-order chi connectivity index (χ0) is 40.7. The van der Waals surface area contributed by atoms with E-state index in [4.69, 9.17) is 19.4 Å². The Morgan fingerprint density at radius 1 is 0.323 bits per heavy atom. The molecule has 0 bridgehead atoms. The summed E-state index contributed by atoms with van der Waals surface area (Å²) in [6.07, 6.45) is 0. The quantitative estimate of drug-likeness (QED) is 0.174. The fraction of sp³-hybridized carbons (Fsp3) is 0. The molecule has 4 nitrogen and oxygen atoms in total. The second kappa shape index (κ2) is 13.8. The lowest BCUT2D eigenvalue weighted by Gasteiger charge is -2.14. The van der Waals surface area contributed by atoms with Gasteiger partial charge in [-0.3, -0.25) is 0 Å². The molecule has 0 atom stereocenters. The molecule has 10 aromatic carbocycles. The molecule has 0 fully saturated rings. The third kappa shape index (κ3) is 5.49. The molecule has 0 aliphatic heterocycles. The number of rotatable bonds is 5. The fourth-order valence-corrected chi connectivity index (χ4v) is 10.5. The van der Waals surface area contributed by atoms with E-state index in [2.05, 4.69) is 194 Å². The molecule has 0 saturated carbocycles. The summed E-state index contributed by atoms with van der Waals surface area (Å²) in [4.78, 5) is 15.8. The molecule has 288 valence electrons. The highest BCUT2D eigenvalue weighted by Crippen LogP contribution is 2.45. The van der Waals surface area contributed by atoms with E-state index in [-0.39, 0.29) is 0 Å². The number of aromatic nitrogens is 3. The summed E-state index contributed by atoms with van der Waals surface area (Å²) in [6.45, 7) is 0. The van der Waals surface area contributed by atoms with Gasteiger partial charge in [-0.1, -0.05) is 170 Å². The van der Waals surface area contributed by atoms with E-state index in [1.807, 2.05) is 6.07 Å². The number of thiophene rings is 1. The molecule has 13 rings (SSSR count). The Hall–Kier alpha value is -7.99. The summed E-state index contributed by atoms with van der Waals surface area (Å²) < 4.78 is 9.08. The molecular weight excluding hydrogens is 775 g/mol. The molecule has 5 heteroatoms. The van der Waals surface area contributed by atoms with Crippen LogP contribution in [0.2, 0.25) is 0 Å². The first-order valence-electron chi connectivity index (χ1n) is 20.8. The van der Waals surface area contributed by atoms with Crippen LogP contribution in [0.4, 0.5) is 0 Å². The van der Waals surface area contributed by atoms with Crippen molar-refractivity contribution in [2.24, 2.45) is 0 Å². The second-order valence-electron chi connectivity index (χ2n) is 15.9. The van der Waals surface area contributed by atoms with Gasteiger partial charge < -0.3 is 4.42 Å². The minimum Gasteiger partial charge on any atom is -0.455 e. The molecule has 0 aliphatic carbocycles. The molecule has 0 saturated heterocycles. The molecule has 62 heavy (non-hydrogen) atoms. The molecular formula is C57H33N3OS. The topological polar surface area (TPSA) is 51.8 Å². The molecule has 0 N–H and O–H groups in total. The average molecular weight is 808 g/mol. The highest BCUT2D eigenvalue weighted by Gasteiger charge is 2.21. The minimum atomic E-state index is 0.625. The van der Waals surface area contributed by atoms with Crippen LogP contribution in [0.1, 0.15) is 0 Å². The first-order chi connectivity index (χ1) is 30.7. The third-order valence-corrected chi connectivity index (χ3v) is 13.5. The first kappa shape index (κ1) is 34.8. The zero-order valence-corrected chi connectivity index (χ0v) is 34.0. The van der Waals surface area contributed by atoms with E-state index in [0.717, 1.165) is 76.9 Å². The molecule has 0 radical (unpaired) electrons. The lowest BCUT2D eigenvalue weighted by atomic mass is 9.90. The molecule has 13 aromatic rings. The van der Waals surface area contributed by atoms with Crippen LogP contribution >= 0.6 is 11.3 Å². The zero-order valence-electron chi connectivity index (χ0n) is 33.2. The summed E-state index contributed by atoms with van der Waals surface area (Å²) in [7, 11) is 0. The van der Waals surface area contributed by atoms with E-state index >= 15 is 0 Å². The van der Waals surface area contributed by atoms with Crippen LogP contribution in [0, 0.1) is 0 Å². The summed E-state index contributed by atoms with van der Waals surface area (Å²) in [5.74, 6) is 1.89. The van der Waals surface area contributed by atoms with Crippen LogP contribution < -0.4 is 0 Å². The lowest BCUT2D eigenvalue weighted by Crippen LogP contribution is -2.01. The Morgan fingerprint density at radius 2 is 0.903 bits per heavy atom. The average Bonchev–Trinajstić information content (AvgIpc) is 3.92. The van der Waals surface area contributed by atoms with Crippen LogP contribution in [0.3, 0.4) is 0 Å². The van der Waals surface area contributed by atoms with E-state index in [9.17, 15) is 0 Å². The lowest BCUT2D eigenvalue weighted by molar-refractivity contribution is 0.673. The standard InChI is InChI=1S/C57H33N3OS/c1-3-15-39-34(12-1)14-11-21-40(39)35-24-26-36(27-25-35)55-58-56(38-28-29-46-45-19-8-10-23-51(45)62-52(46)33-38)60-57(59-55)47-31-30-44(42-17-5-6-18-43(42)47)49-32-37-13-2-4-16-41(37)54-53(49)48-20-7-9-22-50(48)61-54/h1-33H. The van der Waals surface area contributed by atoms with Gasteiger partial charge in [0, 0.05) is 53.0 Å². The molecule has 0 unspecified atom stereocenters. The van der Waals surface area contributed by atoms with Gasteiger partial charge in [0.25, 0.3) is 0 Å². The molecule has 0 amide bonds. The summed E-state index contributed by atoms with van der Waals surface area (Å²) >= 11 is 1.80. The predicted molar refractivity (Wildman–Crippen MR) is 260 cm³/mol. The maximum atomic E-state index is 6.61. The monoisotopic (exact) mass is 807 g/mol. The third-order valence-electron chi connectivity index (χ3n) is 12.3. The van der Waals surface area contributed by atoms with Gasteiger partial charge in [0.15, 0.2) is 17.5 Å². The van der Waals surface area contributed by atoms with Gasteiger partial charge in [-0.05, 0) is 79.5 Å². The number of furan rings is 1. The maximum Gasteiger partial charge on any atom is 0.164 e. The van der Waals surface area contributed by atoms with Crippen LogP contribution in [-0.4, -0.2) is 15.0 Å². The maximum absolute atomic E-state index is 6.61. The summed E-state index contributed by atoms with van der Waals surface area (Å²) in [5.41, 5.74) is 9.20. The Kier molecular flexibility index (Phi) is 7.74. The minimum absolute atomic E-state index is 0.625. The van der Waals surface area contributed by atoms with Crippen molar-refractivity contribution < 1.29 is 4.42 Å². The van der Waals surface area contributed by atoms with Gasteiger partial charge in [0.2, 0.25) is 0 Å². The van der Waals surface area contributed by atoms with Gasteiger partial charge >= 0.3 is 0 Å². The number of benzene rings is 10. The smallest absolute Gasteiger partial charge is 0.164 e. The van der Waals surface area contributed by atoms with Gasteiger partial charge in [0.1, 0.15) is 11.2 Å². The second-order valence-corrected chi connectivity index (χ2v) is 17.0. The van der Waals surface area contributed by atoms with Gasteiger partial charge in [0.05, 0.1) is 0 Å². The van der Waals surface area contributed by atoms with E-state index < -0.39 is 0 Å². The fourth-order valence-electron chi connectivity index (χ4n) is 9.40. The van der Waals surface area contributed by atoms with Crippen LogP contribution in [-0.2, 0) is 0 Å². The molecule has 0 aliphatic rings. The summed E-state index contributed by atoms with van der Waals surface area (Å²) in [5, 5.41) is 11.6. The highest BCUT2D eigenvalue weighted by atomic mass is 32.1. The molecule has 3 heterocycles. The normalized spacial score (nSPS) is 11.9. The van der Waals surface area contributed by atoms with Gasteiger partial charge in [-0.15, -0.1) is 11.3 Å². The van der Waals surface area contributed by atoms with Crippen LogP contribution in [0.15, 0.2) is 205 Å². The van der Waals surface area contributed by atoms with Crippen LogP contribution in [0.5, 0.6) is 0 Å². The van der Waals surface area contributed by atoms with Crippen molar-refractivity contribution >= 4 is 85.8 Å². The largest absolute Gasteiger partial charge is 0.455 e. The van der Waals surface area contributed by atoms with Crippen molar-refractivity contribution in [1.29, 1.82) is 0 Å². The molecule has 0 spiro atoms. The van der Waals surface area contributed by atoms with Crippen molar-refractivity contribution in [3.8, 4) is 56.4 Å². The first-order valence-corrected chi connectivity index (χ1v) is 21.7. The summed E-state index contributed by atoms with van der Waals surface area (Å²) in [6, 6.07) is 71.0. The van der Waals surface area contributed by atoms with Crippen molar-refractivity contribution in [3.05, 3.63) is 200 Å². The van der Waals surface area contributed by atoms with Gasteiger partial charge in [-0.2, -0.15) is 0 Å². The van der Waals surface area contributed by atoms with Crippen molar-refractivity contribution in [2.45, 2.75) is 0 Å². The van der Waals surface area contributed by atoms with E-state index in [0.29, 0.717) is 17.5 Å². The van der Waals surface area contributed by atoms with E-state index in [1.165, 1.54) is 36.5 Å². The Bertz CT molecular complexity index is 3930. The number of fused-ring (bicyclic) bond motifs is 10. The highest BCUT2D eigenvalue weighted by molar-refractivity contribution is 7.25.